The molecule has 0 fully saturated rings. The molecule has 0 atom stereocenters. The predicted molar refractivity (Wildman–Crippen MR) is 15.9 cm³/mol. The van der Waals surface area contributed by atoms with Gasteiger partial charge in [0, 0.05) is 4.53 Å². The van der Waals surface area contributed by atoms with Crippen LogP contribution in [0.3, 0.4) is 0 Å². The first-order valence-electron chi connectivity index (χ1n) is 1.03. The van der Waals surface area contributed by atoms with Crippen molar-refractivity contribution in [1.29, 1.82) is 0 Å². The summed E-state index contributed by atoms with van der Waals surface area (Å²) in [4.78, 5) is 2.89. The summed E-state index contributed by atoms with van der Waals surface area (Å²) in [5.41, 5.74) is 2.05. The molecule has 0 aromatic rings. The van der Waals surface area contributed by atoms with E-state index in [2.05, 4.69) is 11.5 Å². The highest BCUT2D eigenvalue weighted by Gasteiger charge is 1.49. The first-order valence-corrected chi connectivity index (χ1v) is 1.03. The van der Waals surface area contributed by atoms with Gasteiger partial charge in [0.25, 0.3) is 0 Å². The second-order valence-electron chi connectivity index (χ2n) is 0.411. The van der Waals surface area contributed by atoms with Crippen LogP contribution in [0.2, 0.25) is 0 Å². The zero-order chi connectivity index (χ0) is 4.12. The molecular formula is C3H3FO. The molecule has 28 valence electrons. The Hall–Kier alpha value is -0.750. The molecule has 0 saturated heterocycles. The first kappa shape index (κ1) is 4.25. The van der Waals surface area contributed by atoms with Crippen LogP contribution in [0.15, 0.2) is 18.6 Å². The fourth-order valence-electron chi connectivity index (χ4n) is 0.0315. The minimum absolute atomic E-state index is 0.722. The molecule has 0 bridgehead atoms. The Kier molecular flexibility index (Phi) is 2.76. The van der Waals surface area contributed by atoms with Crippen molar-refractivity contribution in [2.75, 3.05) is 0 Å². The van der Waals surface area contributed by atoms with Gasteiger partial charge in [0.05, 0.1) is 0 Å². The van der Waals surface area contributed by atoms with E-state index in [1.54, 1.807) is 0 Å². The molecule has 0 amide bonds. The number of rotatable bonds is 1. The normalized spacial score (nSPS) is 5.00. The minimum Gasteiger partial charge on any atom is -0.294 e. The van der Waals surface area contributed by atoms with Crippen molar-refractivity contribution < 1.29 is 9.47 Å². The van der Waals surface area contributed by atoms with Crippen molar-refractivity contribution in [1.82, 2.24) is 0 Å². The summed E-state index contributed by atoms with van der Waals surface area (Å²) < 4.78 is 10.3. The largest absolute Gasteiger partial charge is 0.294 e. The summed E-state index contributed by atoms with van der Waals surface area (Å²) in [5, 5.41) is 0. The molecule has 2 heteroatoms. The van der Waals surface area contributed by atoms with Crippen LogP contribution in [0, 0.1) is 0 Å². The van der Waals surface area contributed by atoms with E-state index in [0.29, 0.717) is 0 Å². The molecule has 0 saturated carbocycles. The lowest BCUT2D eigenvalue weighted by atomic mass is 11.0. The summed E-state index contributed by atoms with van der Waals surface area (Å²) in [6, 6.07) is 0. The predicted octanol–water partition coefficient (Wildman–Crippen LogP) is 1.19. The third kappa shape index (κ3) is 3.25. The monoisotopic (exact) mass is 74.0 g/mol. The third-order valence-corrected chi connectivity index (χ3v) is 0.128. The van der Waals surface area contributed by atoms with E-state index in [1.165, 1.54) is 0 Å². The lowest BCUT2D eigenvalue weighted by Crippen LogP contribution is -1.44. The number of hydrogen-bond acceptors (Lipinski definition) is 1. The quantitative estimate of drug-likeness (QED) is 0.335. The first-order chi connectivity index (χ1) is 2.41. The van der Waals surface area contributed by atoms with E-state index >= 15 is 0 Å². The van der Waals surface area contributed by atoms with Crippen molar-refractivity contribution in [3.63, 3.8) is 0 Å². The Labute approximate surface area is 29.3 Å². The lowest BCUT2D eigenvalue weighted by molar-refractivity contribution is -0.0613. The molecule has 1 nitrogen and oxygen atoms in total. The van der Waals surface area contributed by atoms with Crippen molar-refractivity contribution in [3.8, 4) is 0 Å². The van der Waals surface area contributed by atoms with E-state index in [-0.39, 0.29) is 0 Å². The molecule has 0 unspecified atom stereocenters. The SMILES string of the molecule is C=C=COF. The summed E-state index contributed by atoms with van der Waals surface area (Å²) in [6.07, 6.45) is 0.722. The van der Waals surface area contributed by atoms with Crippen LogP contribution in [-0.4, -0.2) is 0 Å². The second-order valence-corrected chi connectivity index (χ2v) is 0.411. The fourth-order valence-corrected chi connectivity index (χ4v) is 0.0315. The van der Waals surface area contributed by atoms with Crippen LogP contribution >= 0.6 is 0 Å². The van der Waals surface area contributed by atoms with E-state index in [9.17, 15) is 4.53 Å². The van der Waals surface area contributed by atoms with Gasteiger partial charge in [0.2, 0.25) is 0 Å². The Morgan fingerprint density at radius 1 is 2.00 bits per heavy atom. The van der Waals surface area contributed by atoms with Crippen molar-refractivity contribution in [2.24, 2.45) is 0 Å². The van der Waals surface area contributed by atoms with E-state index < -0.39 is 0 Å². The van der Waals surface area contributed by atoms with Gasteiger partial charge in [-0.15, -0.1) is 0 Å². The van der Waals surface area contributed by atoms with E-state index in [1.807, 2.05) is 5.73 Å². The van der Waals surface area contributed by atoms with E-state index in [4.69, 9.17) is 0 Å². The van der Waals surface area contributed by atoms with Gasteiger partial charge in [-0.05, 0) is 0 Å². The maximum absolute atomic E-state index is 10.3. The van der Waals surface area contributed by atoms with Gasteiger partial charge in [0.1, 0.15) is 0 Å². The van der Waals surface area contributed by atoms with Gasteiger partial charge in [0.15, 0.2) is 6.26 Å². The highest BCUT2D eigenvalue weighted by Crippen LogP contribution is 1.66. The topological polar surface area (TPSA) is 9.23 Å². The Bertz CT molecular complexity index is 53.9. The van der Waals surface area contributed by atoms with Crippen molar-refractivity contribution in [2.45, 2.75) is 0 Å². The smallest absolute Gasteiger partial charge is 0.177 e. The van der Waals surface area contributed by atoms with Gasteiger partial charge < -0.3 is 0 Å². The molecular weight excluding hydrogens is 71.0 g/mol. The maximum Gasteiger partial charge on any atom is 0.177 e. The number of hydrogen-bond donors (Lipinski definition) is 0. The highest BCUT2D eigenvalue weighted by molar-refractivity contribution is 4.61. The summed E-state index contributed by atoms with van der Waals surface area (Å²) in [5.74, 6) is 0. The molecule has 0 aliphatic heterocycles. The lowest BCUT2D eigenvalue weighted by Gasteiger charge is -1.62. The highest BCUT2D eigenvalue weighted by atomic mass is 19.3. The van der Waals surface area contributed by atoms with Gasteiger partial charge in [-0.3, -0.25) is 4.94 Å². The molecule has 0 aliphatic carbocycles. The summed E-state index contributed by atoms with van der Waals surface area (Å²) >= 11 is 0. The van der Waals surface area contributed by atoms with Gasteiger partial charge in [-0.1, -0.05) is 12.3 Å². The molecule has 0 spiro atoms. The zero-order valence-corrected chi connectivity index (χ0v) is 2.57. The van der Waals surface area contributed by atoms with Crippen molar-refractivity contribution in [3.05, 3.63) is 18.6 Å². The Morgan fingerprint density at radius 2 is 2.60 bits per heavy atom. The molecule has 0 heterocycles. The standard InChI is InChI=1S/C3H3FO/c1-2-3-5-4/h3H,1H2. The molecule has 0 aromatic carbocycles. The van der Waals surface area contributed by atoms with E-state index in [0.717, 1.165) is 6.26 Å². The second kappa shape index (κ2) is 3.25. The van der Waals surface area contributed by atoms with Crippen LogP contribution < -0.4 is 0 Å². The van der Waals surface area contributed by atoms with Gasteiger partial charge >= 0.3 is 0 Å². The van der Waals surface area contributed by atoms with Crippen LogP contribution in [-0.2, 0) is 4.94 Å². The minimum atomic E-state index is 0.722. The molecule has 0 aliphatic rings. The summed E-state index contributed by atoms with van der Waals surface area (Å²) in [7, 11) is 0. The molecule has 0 radical (unpaired) electrons. The average Bonchev–Trinajstić information content (AvgIpc) is 1.41. The Morgan fingerprint density at radius 3 is 2.60 bits per heavy atom. The Balaban J connectivity index is 2.93. The van der Waals surface area contributed by atoms with Gasteiger partial charge in [-0.25, -0.2) is 0 Å². The molecule has 0 N–H and O–H groups in total. The fraction of sp³-hybridized carbons (Fsp3) is 0. The van der Waals surface area contributed by atoms with Crippen LogP contribution in [0.25, 0.3) is 0 Å². The molecule has 0 aromatic heterocycles. The van der Waals surface area contributed by atoms with Crippen LogP contribution in [0.5, 0.6) is 0 Å². The average molecular weight is 74.1 g/mol. The molecule has 0 rings (SSSR count). The van der Waals surface area contributed by atoms with Gasteiger partial charge in [-0.2, -0.15) is 0 Å². The van der Waals surface area contributed by atoms with Crippen LogP contribution in [0.1, 0.15) is 0 Å². The summed E-state index contributed by atoms with van der Waals surface area (Å²) in [6.45, 7) is 3.00. The van der Waals surface area contributed by atoms with Crippen molar-refractivity contribution >= 4 is 0 Å². The number of halogens is 1. The van der Waals surface area contributed by atoms with Crippen LogP contribution in [0.4, 0.5) is 4.53 Å². The zero-order valence-electron chi connectivity index (χ0n) is 2.57. The maximum atomic E-state index is 10.3. The third-order valence-electron chi connectivity index (χ3n) is 0.128. The molecule has 5 heavy (non-hydrogen) atoms.